The molecule has 0 atom stereocenters. The monoisotopic (exact) mass is 368 g/mol. The summed E-state index contributed by atoms with van der Waals surface area (Å²) in [7, 11) is 2.17. The number of quaternary nitrogens is 1. The van der Waals surface area contributed by atoms with Crippen molar-refractivity contribution < 1.29 is 22.2 Å². The third kappa shape index (κ3) is 15.3. The van der Waals surface area contributed by atoms with Crippen LogP contribution in [0.15, 0.2) is 47.9 Å². The summed E-state index contributed by atoms with van der Waals surface area (Å²) in [5, 5.41) is 3.45. The number of amides is 1. The average molecular weight is 368 g/mol. The number of benzene rings is 1. The SMILES string of the molecule is C=C(C)C(=O)NCCC[N+](C)(C)C.O=S(=O)([O-])C=Cc1ccccc1. The predicted octanol–water partition coefficient (Wildman–Crippen LogP) is 1.98. The fraction of sp³-hybridized carbons (Fsp3) is 0.389. The van der Waals surface area contributed by atoms with E-state index in [1.807, 2.05) is 6.07 Å². The number of rotatable bonds is 7. The second-order valence-corrected chi connectivity index (χ2v) is 7.87. The first kappa shape index (κ1) is 23.0. The van der Waals surface area contributed by atoms with Gasteiger partial charge in [0.1, 0.15) is 10.1 Å². The van der Waals surface area contributed by atoms with Crippen LogP contribution in [0.3, 0.4) is 0 Å². The molecule has 0 unspecified atom stereocenters. The fourth-order valence-corrected chi connectivity index (χ4v) is 1.96. The van der Waals surface area contributed by atoms with E-state index in [9.17, 15) is 17.8 Å². The van der Waals surface area contributed by atoms with Crippen molar-refractivity contribution >= 4 is 22.1 Å². The first-order valence-corrected chi connectivity index (χ1v) is 9.31. The lowest BCUT2D eigenvalue weighted by Gasteiger charge is -2.23. The van der Waals surface area contributed by atoms with Gasteiger partial charge in [0.25, 0.3) is 0 Å². The second-order valence-electron chi connectivity index (χ2n) is 6.61. The Morgan fingerprint density at radius 1 is 1.24 bits per heavy atom. The lowest BCUT2D eigenvalue weighted by Crippen LogP contribution is -2.37. The maximum absolute atomic E-state index is 11.1. The number of nitrogens with one attached hydrogen (secondary N) is 1. The number of hydrogen-bond acceptors (Lipinski definition) is 4. The average Bonchev–Trinajstić information content (AvgIpc) is 2.49. The molecule has 1 N–H and O–H groups in total. The van der Waals surface area contributed by atoms with Crippen molar-refractivity contribution in [2.75, 3.05) is 34.2 Å². The van der Waals surface area contributed by atoms with Gasteiger partial charge in [0.05, 0.1) is 27.7 Å². The fourth-order valence-electron chi connectivity index (χ4n) is 1.63. The van der Waals surface area contributed by atoms with E-state index in [2.05, 4.69) is 33.0 Å². The third-order valence-corrected chi connectivity index (χ3v) is 3.38. The second kappa shape index (κ2) is 10.8. The highest BCUT2D eigenvalue weighted by Crippen LogP contribution is 2.01. The number of nitrogens with zero attached hydrogens (tertiary/aromatic N) is 1. The molecule has 1 rings (SSSR count). The summed E-state index contributed by atoms with van der Waals surface area (Å²) < 4.78 is 31.4. The van der Waals surface area contributed by atoms with Crippen LogP contribution in [0.25, 0.3) is 6.08 Å². The standard InChI is InChI=1S/C10H20N2O.C8H8O3S/c1-9(2)10(13)11-7-6-8-12(3,4)5;9-12(10,11)7-6-8-4-2-1-3-5-8/h1,6-8H2,2-5H3;1-7H,(H,9,10,11). The minimum Gasteiger partial charge on any atom is -0.744 e. The van der Waals surface area contributed by atoms with Crippen molar-refractivity contribution in [3.63, 3.8) is 0 Å². The summed E-state index contributed by atoms with van der Waals surface area (Å²) in [6.45, 7) is 7.09. The van der Waals surface area contributed by atoms with Gasteiger partial charge in [-0.3, -0.25) is 4.79 Å². The van der Waals surface area contributed by atoms with Gasteiger partial charge < -0.3 is 14.4 Å². The number of carbonyl (C=O) groups excluding carboxylic acids is 1. The Bertz CT molecular complexity index is 675. The Kier molecular flexibility index (Phi) is 9.96. The highest BCUT2D eigenvalue weighted by atomic mass is 32.2. The van der Waals surface area contributed by atoms with Gasteiger partial charge in [-0.1, -0.05) is 36.9 Å². The summed E-state index contributed by atoms with van der Waals surface area (Å²) in [4.78, 5) is 11.1. The van der Waals surface area contributed by atoms with E-state index >= 15 is 0 Å². The van der Waals surface area contributed by atoms with Gasteiger partial charge in [-0.15, -0.1) is 0 Å². The molecule has 1 amide bonds. The molecule has 1 aromatic rings. The zero-order valence-corrected chi connectivity index (χ0v) is 16.2. The maximum Gasteiger partial charge on any atom is 0.246 e. The lowest BCUT2D eigenvalue weighted by atomic mass is 10.2. The van der Waals surface area contributed by atoms with Crippen LogP contribution in [0.4, 0.5) is 0 Å². The third-order valence-electron chi connectivity index (χ3n) is 2.91. The zero-order chi connectivity index (χ0) is 19.5. The van der Waals surface area contributed by atoms with Crippen LogP contribution in [0.5, 0.6) is 0 Å². The van der Waals surface area contributed by atoms with Crippen molar-refractivity contribution in [1.82, 2.24) is 5.32 Å². The highest BCUT2D eigenvalue weighted by Gasteiger charge is 2.06. The molecule has 0 fully saturated rings. The molecule has 0 saturated heterocycles. The van der Waals surface area contributed by atoms with Gasteiger partial charge in [0.2, 0.25) is 5.91 Å². The van der Waals surface area contributed by atoms with Gasteiger partial charge in [-0.05, 0) is 18.6 Å². The smallest absolute Gasteiger partial charge is 0.246 e. The Morgan fingerprint density at radius 2 is 1.80 bits per heavy atom. The zero-order valence-electron chi connectivity index (χ0n) is 15.4. The minimum absolute atomic E-state index is 0.0404. The van der Waals surface area contributed by atoms with E-state index in [1.54, 1.807) is 31.2 Å². The first-order chi connectivity index (χ1) is 11.4. The molecule has 6 nitrogen and oxygen atoms in total. The van der Waals surface area contributed by atoms with Crippen LogP contribution in [0.1, 0.15) is 18.9 Å². The molecule has 1 aromatic carbocycles. The highest BCUT2D eigenvalue weighted by molar-refractivity contribution is 7.88. The van der Waals surface area contributed by atoms with E-state index in [1.165, 1.54) is 6.08 Å². The largest absolute Gasteiger partial charge is 0.744 e. The summed E-state index contributed by atoms with van der Waals surface area (Å²) in [5.74, 6) is -0.0404. The van der Waals surface area contributed by atoms with Crippen LogP contribution in [0, 0.1) is 0 Å². The van der Waals surface area contributed by atoms with Crippen LogP contribution >= 0.6 is 0 Å². The molecule has 0 spiro atoms. The Hall–Kier alpha value is -1.96. The molecule has 0 bridgehead atoms. The lowest BCUT2D eigenvalue weighted by molar-refractivity contribution is -0.870. The Morgan fingerprint density at radius 3 is 2.24 bits per heavy atom. The van der Waals surface area contributed by atoms with Crippen LogP contribution < -0.4 is 5.32 Å². The first-order valence-electron chi connectivity index (χ1n) is 7.84. The molecule has 0 aliphatic rings. The number of carbonyl (C=O) groups is 1. The van der Waals surface area contributed by atoms with Crippen LogP contribution in [0.2, 0.25) is 0 Å². The van der Waals surface area contributed by atoms with Crippen molar-refractivity contribution in [2.24, 2.45) is 0 Å². The molecular weight excluding hydrogens is 340 g/mol. The van der Waals surface area contributed by atoms with E-state index in [4.69, 9.17) is 0 Å². The van der Waals surface area contributed by atoms with E-state index in [-0.39, 0.29) is 5.91 Å². The molecule has 0 aromatic heterocycles. The maximum atomic E-state index is 11.1. The summed E-state index contributed by atoms with van der Waals surface area (Å²) in [6, 6.07) is 8.75. The van der Waals surface area contributed by atoms with Gasteiger partial charge in [-0.25, -0.2) is 8.42 Å². The van der Waals surface area contributed by atoms with Crippen molar-refractivity contribution in [3.05, 3.63) is 53.5 Å². The Balaban J connectivity index is 0.000000462. The predicted molar refractivity (Wildman–Crippen MR) is 101 cm³/mol. The van der Waals surface area contributed by atoms with Crippen molar-refractivity contribution in [1.29, 1.82) is 0 Å². The number of hydrogen-bond donors (Lipinski definition) is 1. The van der Waals surface area contributed by atoms with Gasteiger partial charge in [0.15, 0.2) is 0 Å². The topological polar surface area (TPSA) is 86.3 Å². The molecule has 0 radical (unpaired) electrons. The summed E-state index contributed by atoms with van der Waals surface area (Å²) in [6.07, 6.45) is 2.27. The van der Waals surface area contributed by atoms with Gasteiger partial charge >= 0.3 is 0 Å². The van der Waals surface area contributed by atoms with Crippen molar-refractivity contribution in [3.8, 4) is 0 Å². The molecule has 0 heterocycles. The molecule has 25 heavy (non-hydrogen) atoms. The molecule has 140 valence electrons. The minimum atomic E-state index is -4.25. The summed E-state index contributed by atoms with van der Waals surface area (Å²) >= 11 is 0. The van der Waals surface area contributed by atoms with Crippen LogP contribution in [-0.4, -0.2) is 57.6 Å². The molecule has 0 aliphatic carbocycles. The Labute approximate surface area is 151 Å². The van der Waals surface area contributed by atoms with Crippen molar-refractivity contribution in [2.45, 2.75) is 13.3 Å². The molecular formula is C18H28N2O4S. The molecule has 0 saturated carbocycles. The normalized spacial score (nSPS) is 11.6. The van der Waals surface area contributed by atoms with E-state index in [0.717, 1.165) is 24.0 Å². The summed E-state index contributed by atoms with van der Waals surface area (Å²) in [5.41, 5.74) is 1.27. The van der Waals surface area contributed by atoms with Gasteiger partial charge in [0, 0.05) is 23.9 Å². The van der Waals surface area contributed by atoms with E-state index in [0.29, 0.717) is 16.5 Å². The quantitative estimate of drug-likeness (QED) is 0.345. The van der Waals surface area contributed by atoms with Crippen LogP contribution in [-0.2, 0) is 14.9 Å². The van der Waals surface area contributed by atoms with E-state index < -0.39 is 10.1 Å². The molecule has 0 aliphatic heterocycles. The van der Waals surface area contributed by atoms with Gasteiger partial charge in [-0.2, -0.15) is 0 Å². The molecule has 7 heteroatoms.